The molecule has 0 spiro atoms. The van der Waals surface area contributed by atoms with Gasteiger partial charge < -0.3 is 10.5 Å². The Morgan fingerprint density at radius 1 is 1.48 bits per heavy atom. The van der Waals surface area contributed by atoms with E-state index in [2.05, 4.69) is 16.3 Å². The van der Waals surface area contributed by atoms with Crippen molar-refractivity contribution in [2.24, 2.45) is 11.7 Å². The number of primary amides is 1. The second-order valence-electron chi connectivity index (χ2n) is 6.62. The van der Waals surface area contributed by atoms with Crippen LogP contribution in [0.5, 0.6) is 5.75 Å². The second kappa shape index (κ2) is 8.45. The predicted octanol–water partition coefficient (Wildman–Crippen LogP) is 3.30. The molecular formula is C19H25N3O2S. The van der Waals surface area contributed by atoms with Crippen molar-refractivity contribution in [3.05, 3.63) is 35.3 Å². The molecule has 2 aromatic rings. The molecule has 25 heavy (non-hydrogen) atoms. The maximum Gasteiger partial charge on any atom is 0.217 e. The Morgan fingerprint density at radius 2 is 2.36 bits per heavy atom. The number of carbonyl (C=O) groups is 1. The summed E-state index contributed by atoms with van der Waals surface area (Å²) in [6.45, 7) is 2.99. The van der Waals surface area contributed by atoms with E-state index < -0.39 is 0 Å². The Balaban J connectivity index is 1.60. The van der Waals surface area contributed by atoms with Crippen molar-refractivity contribution in [1.82, 2.24) is 9.88 Å². The number of nitrogens with zero attached hydrogens (tertiary/aromatic N) is 2. The van der Waals surface area contributed by atoms with Crippen LogP contribution in [0.15, 0.2) is 29.6 Å². The van der Waals surface area contributed by atoms with Gasteiger partial charge in [-0.05, 0) is 43.9 Å². The third-order valence-corrected chi connectivity index (χ3v) is 5.60. The van der Waals surface area contributed by atoms with Gasteiger partial charge in [-0.3, -0.25) is 9.69 Å². The molecule has 3 rings (SSSR count). The lowest BCUT2D eigenvalue weighted by molar-refractivity contribution is -0.118. The summed E-state index contributed by atoms with van der Waals surface area (Å²) in [4.78, 5) is 18.2. The monoisotopic (exact) mass is 359 g/mol. The lowest BCUT2D eigenvalue weighted by Gasteiger charge is -2.32. The minimum atomic E-state index is -0.195. The Labute approximate surface area is 152 Å². The molecule has 1 aliphatic heterocycles. The highest BCUT2D eigenvalue weighted by atomic mass is 32.1. The van der Waals surface area contributed by atoms with E-state index >= 15 is 0 Å². The van der Waals surface area contributed by atoms with Gasteiger partial charge in [0.05, 0.1) is 12.8 Å². The van der Waals surface area contributed by atoms with Gasteiger partial charge in [-0.2, -0.15) is 0 Å². The lowest BCUT2D eigenvalue weighted by atomic mass is 9.93. The number of aromatic nitrogens is 1. The number of rotatable bonds is 7. The molecule has 1 aromatic heterocycles. The first kappa shape index (κ1) is 17.9. The summed E-state index contributed by atoms with van der Waals surface area (Å²) in [6, 6.07) is 8.01. The maximum atomic E-state index is 11.0. The summed E-state index contributed by atoms with van der Waals surface area (Å²) in [7, 11) is 1.68. The number of hydrogen-bond donors (Lipinski definition) is 1. The van der Waals surface area contributed by atoms with Gasteiger partial charge in [0.1, 0.15) is 10.8 Å². The Bertz CT molecular complexity index is 716. The zero-order valence-electron chi connectivity index (χ0n) is 14.6. The van der Waals surface area contributed by atoms with Gasteiger partial charge in [0.2, 0.25) is 5.91 Å². The molecule has 1 atom stereocenters. The van der Waals surface area contributed by atoms with Crippen molar-refractivity contribution in [3.8, 4) is 16.3 Å². The van der Waals surface area contributed by atoms with Crippen LogP contribution < -0.4 is 10.5 Å². The molecule has 1 aliphatic rings. The third kappa shape index (κ3) is 5.03. The van der Waals surface area contributed by atoms with Crippen LogP contribution in [0.3, 0.4) is 0 Å². The number of nitrogens with two attached hydrogens (primary N) is 1. The molecule has 2 N–H and O–H groups in total. The molecule has 0 saturated carbocycles. The summed E-state index contributed by atoms with van der Waals surface area (Å²) >= 11 is 1.67. The van der Waals surface area contributed by atoms with Gasteiger partial charge in [0.25, 0.3) is 0 Å². The number of methoxy groups -OCH3 is 1. The standard InChI is InChI=1S/C19H25N3O2S/c1-24-17-6-2-5-15(10-17)19-21-16(13-25-19)12-22-9-3-4-14(11-22)7-8-18(20)23/h2,5-6,10,13-14H,3-4,7-9,11-12H2,1H3,(H2,20,23). The molecule has 1 aromatic carbocycles. The van der Waals surface area contributed by atoms with Crippen molar-refractivity contribution in [3.63, 3.8) is 0 Å². The first-order valence-electron chi connectivity index (χ1n) is 8.73. The highest BCUT2D eigenvalue weighted by molar-refractivity contribution is 7.13. The minimum absolute atomic E-state index is 0.195. The summed E-state index contributed by atoms with van der Waals surface area (Å²) < 4.78 is 5.29. The average molecular weight is 359 g/mol. The van der Waals surface area contributed by atoms with Crippen LogP contribution in [0, 0.1) is 5.92 Å². The Morgan fingerprint density at radius 3 is 3.16 bits per heavy atom. The van der Waals surface area contributed by atoms with Gasteiger partial charge in [-0.15, -0.1) is 11.3 Å². The van der Waals surface area contributed by atoms with Crippen molar-refractivity contribution >= 4 is 17.2 Å². The van der Waals surface area contributed by atoms with Crippen LogP contribution in [0.4, 0.5) is 0 Å². The zero-order chi connectivity index (χ0) is 17.6. The Kier molecular flexibility index (Phi) is 6.04. The fraction of sp³-hybridized carbons (Fsp3) is 0.474. The van der Waals surface area contributed by atoms with Crippen LogP contribution in [0.25, 0.3) is 10.6 Å². The largest absolute Gasteiger partial charge is 0.497 e. The summed E-state index contributed by atoms with van der Waals surface area (Å²) in [6.07, 6.45) is 3.76. The smallest absolute Gasteiger partial charge is 0.217 e. The normalized spacial score (nSPS) is 18.2. The van der Waals surface area contributed by atoms with Crippen LogP contribution >= 0.6 is 11.3 Å². The van der Waals surface area contributed by atoms with Crippen LogP contribution in [0.2, 0.25) is 0 Å². The van der Waals surface area contributed by atoms with Gasteiger partial charge >= 0.3 is 0 Å². The minimum Gasteiger partial charge on any atom is -0.497 e. The quantitative estimate of drug-likeness (QED) is 0.823. The van der Waals surface area contributed by atoms with Crippen LogP contribution in [-0.4, -0.2) is 36.0 Å². The lowest BCUT2D eigenvalue weighted by Crippen LogP contribution is -2.35. The predicted molar refractivity (Wildman–Crippen MR) is 101 cm³/mol. The zero-order valence-corrected chi connectivity index (χ0v) is 15.4. The first-order chi connectivity index (χ1) is 12.1. The molecule has 0 radical (unpaired) electrons. The fourth-order valence-corrected chi connectivity index (χ4v) is 4.18. The third-order valence-electron chi connectivity index (χ3n) is 4.66. The number of carbonyl (C=O) groups excluding carboxylic acids is 1. The number of amides is 1. The van der Waals surface area contributed by atoms with E-state index in [-0.39, 0.29) is 5.91 Å². The van der Waals surface area contributed by atoms with Gasteiger partial charge in [0, 0.05) is 30.5 Å². The molecular weight excluding hydrogens is 334 g/mol. The topological polar surface area (TPSA) is 68.4 Å². The van der Waals surface area contributed by atoms with E-state index in [4.69, 9.17) is 15.5 Å². The van der Waals surface area contributed by atoms with Gasteiger partial charge in [-0.25, -0.2) is 4.98 Å². The summed E-state index contributed by atoms with van der Waals surface area (Å²) in [5, 5.41) is 3.16. The molecule has 0 aliphatic carbocycles. The van der Waals surface area contributed by atoms with E-state index in [9.17, 15) is 4.79 Å². The molecule has 6 heteroatoms. The fourth-order valence-electron chi connectivity index (χ4n) is 3.37. The molecule has 2 heterocycles. The van der Waals surface area contributed by atoms with E-state index in [0.29, 0.717) is 12.3 Å². The van der Waals surface area contributed by atoms with Crippen molar-refractivity contribution in [2.75, 3.05) is 20.2 Å². The number of benzene rings is 1. The number of likely N-dealkylation sites (tertiary alicyclic amines) is 1. The highest BCUT2D eigenvalue weighted by Gasteiger charge is 2.21. The highest BCUT2D eigenvalue weighted by Crippen LogP contribution is 2.28. The molecule has 1 fully saturated rings. The number of ether oxygens (including phenoxy) is 1. The van der Waals surface area contributed by atoms with E-state index in [0.717, 1.165) is 48.1 Å². The van der Waals surface area contributed by atoms with Crippen LogP contribution in [-0.2, 0) is 11.3 Å². The number of piperidine rings is 1. The molecule has 1 amide bonds. The van der Waals surface area contributed by atoms with Gasteiger partial charge in [-0.1, -0.05) is 12.1 Å². The summed E-state index contributed by atoms with van der Waals surface area (Å²) in [5.74, 6) is 1.22. The molecule has 0 bridgehead atoms. The SMILES string of the molecule is COc1cccc(-c2nc(CN3CCCC(CCC(N)=O)C3)cs2)c1. The number of hydrogen-bond acceptors (Lipinski definition) is 5. The van der Waals surface area contributed by atoms with Crippen molar-refractivity contribution < 1.29 is 9.53 Å². The van der Waals surface area contributed by atoms with Crippen molar-refractivity contribution in [2.45, 2.75) is 32.2 Å². The van der Waals surface area contributed by atoms with E-state index in [1.807, 2.05) is 18.2 Å². The Hall–Kier alpha value is -1.92. The van der Waals surface area contributed by atoms with Crippen molar-refractivity contribution in [1.29, 1.82) is 0 Å². The molecule has 1 saturated heterocycles. The average Bonchev–Trinajstić information content (AvgIpc) is 3.09. The molecule has 5 nitrogen and oxygen atoms in total. The van der Waals surface area contributed by atoms with E-state index in [1.165, 1.54) is 12.8 Å². The molecule has 134 valence electrons. The summed E-state index contributed by atoms with van der Waals surface area (Å²) in [5.41, 5.74) is 7.48. The molecule has 1 unspecified atom stereocenters. The first-order valence-corrected chi connectivity index (χ1v) is 9.61. The van der Waals surface area contributed by atoms with Gasteiger partial charge in [0.15, 0.2) is 0 Å². The second-order valence-corrected chi connectivity index (χ2v) is 7.48. The maximum absolute atomic E-state index is 11.0. The van der Waals surface area contributed by atoms with Crippen LogP contribution in [0.1, 0.15) is 31.4 Å². The number of thiazole rings is 1. The van der Waals surface area contributed by atoms with E-state index in [1.54, 1.807) is 18.4 Å².